The van der Waals surface area contributed by atoms with Crippen LogP contribution in [0.2, 0.25) is 0 Å². The lowest BCUT2D eigenvalue weighted by atomic mass is 9.96. The van der Waals surface area contributed by atoms with Crippen molar-refractivity contribution >= 4 is 5.84 Å². The van der Waals surface area contributed by atoms with E-state index in [1.54, 1.807) is 0 Å². The lowest BCUT2D eigenvalue weighted by Gasteiger charge is -2.10. The van der Waals surface area contributed by atoms with Gasteiger partial charge in [-0.3, -0.25) is 10.7 Å². The summed E-state index contributed by atoms with van der Waals surface area (Å²) in [5, 5.41) is 0. The summed E-state index contributed by atoms with van der Waals surface area (Å²) in [7, 11) is 0. The van der Waals surface area contributed by atoms with E-state index in [0.29, 0.717) is 5.92 Å². The van der Waals surface area contributed by atoms with Crippen molar-refractivity contribution in [3.63, 3.8) is 0 Å². The predicted molar refractivity (Wildman–Crippen MR) is 83.3 cm³/mol. The Morgan fingerprint density at radius 2 is 1.79 bits per heavy atom. The van der Waals surface area contributed by atoms with Crippen LogP contribution in [0.1, 0.15) is 57.6 Å². The van der Waals surface area contributed by atoms with E-state index in [4.69, 9.17) is 5.73 Å². The van der Waals surface area contributed by atoms with Crippen molar-refractivity contribution in [1.29, 1.82) is 0 Å². The number of hydrogen-bond donors (Lipinski definition) is 2. The smallest absolute Gasteiger partial charge is 0.247 e. The molecule has 1 atom stereocenters. The molecule has 0 saturated heterocycles. The Hall–Kier alpha value is -1.31. The molecular formula is C17H29N2+. The quantitative estimate of drug-likeness (QED) is 0.441. The number of benzene rings is 1. The van der Waals surface area contributed by atoms with Gasteiger partial charge in [0, 0.05) is 0 Å². The lowest BCUT2D eigenvalue weighted by Crippen LogP contribution is -2.76. The van der Waals surface area contributed by atoms with Gasteiger partial charge in [0.15, 0.2) is 0 Å². The largest absolute Gasteiger partial charge is 0.291 e. The minimum atomic E-state index is 0.268. The molecule has 19 heavy (non-hydrogen) atoms. The zero-order valence-electron chi connectivity index (χ0n) is 12.9. The van der Waals surface area contributed by atoms with Gasteiger partial charge in [-0.15, -0.1) is 0 Å². The molecule has 0 saturated carbocycles. The van der Waals surface area contributed by atoms with Gasteiger partial charge in [0.25, 0.3) is 0 Å². The molecule has 3 N–H and O–H groups in total. The van der Waals surface area contributed by atoms with Crippen LogP contribution >= 0.6 is 0 Å². The molecule has 0 bridgehead atoms. The van der Waals surface area contributed by atoms with Gasteiger partial charge in [-0.1, -0.05) is 51.5 Å². The lowest BCUT2D eigenvalue weighted by molar-refractivity contribution is -0.460. The van der Waals surface area contributed by atoms with E-state index in [-0.39, 0.29) is 5.92 Å². The maximum atomic E-state index is 6.11. The van der Waals surface area contributed by atoms with Crippen molar-refractivity contribution in [1.82, 2.24) is 0 Å². The molecule has 0 heterocycles. The molecule has 0 radical (unpaired) electrons. The summed E-state index contributed by atoms with van der Waals surface area (Å²) < 4.78 is 0. The summed E-state index contributed by atoms with van der Waals surface area (Å²) in [5.74, 6) is 1.85. The maximum absolute atomic E-state index is 6.11. The predicted octanol–water partition coefficient (Wildman–Crippen LogP) is 2.23. The molecule has 1 aromatic rings. The van der Waals surface area contributed by atoms with E-state index in [1.807, 2.05) is 0 Å². The van der Waals surface area contributed by atoms with Crippen molar-refractivity contribution in [2.45, 2.75) is 52.9 Å². The van der Waals surface area contributed by atoms with Crippen LogP contribution in [0.15, 0.2) is 24.3 Å². The highest BCUT2D eigenvalue weighted by atomic mass is 14.9. The Morgan fingerprint density at radius 1 is 1.16 bits per heavy atom. The van der Waals surface area contributed by atoms with Gasteiger partial charge in [-0.2, -0.15) is 0 Å². The SMILES string of the molecule is CCCC[NH+]=C(N)C(C)c1ccc(CC(C)C)cc1. The number of hydrogen-bond acceptors (Lipinski definition) is 0. The highest BCUT2D eigenvalue weighted by Crippen LogP contribution is 2.16. The summed E-state index contributed by atoms with van der Waals surface area (Å²) in [4.78, 5) is 3.32. The van der Waals surface area contributed by atoms with Crippen LogP contribution in [0.4, 0.5) is 0 Å². The van der Waals surface area contributed by atoms with E-state index < -0.39 is 0 Å². The van der Waals surface area contributed by atoms with Crippen LogP contribution in [0.5, 0.6) is 0 Å². The molecular weight excluding hydrogens is 232 g/mol. The molecule has 2 nitrogen and oxygen atoms in total. The Morgan fingerprint density at radius 3 is 2.32 bits per heavy atom. The van der Waals surface area contributed by atoms with Crippen LogP contribution in [-0.2, 0) is 6.42 Å². The van der Waals surface area contributed by atoms with Gasteiger partial charge in [0.05, 0.1) is 12.5 Å². The summed E-state index contributed by atoms with van der Waals surface area (Å²) >= 11 is 0. The van der Waals surface area contributed by atoms with Crippen molar-refractivity contribution in [3.05, 3.63) is 35.4 Å². The van der Waals surface area contributed by atoms with Gasteiger partial charge in [-0.05, 0) is 36.8 Å². The first-order valence-electron chi connectivity index (χ1n) is 7.49. The first-order valence-corrected chi connectivity index (χ1v) is 7.49. The molecule has 0 aliphatic heterocycles. The van der Waals surface area contributed by atoms with Crippen molar-refractivity contribution in [2.75, 3.05) is 6.54 Å². The Bertz CT molecular complexity index is 390. The molecule has 1 rings (SSSR count). The van der Waals surface area contributed by atoms with E-state index in [1.165, 1.54) is 24.0 Å². The minimum Gasteiger partial charge on any atom is -0.291 e. The number of amidine groups is 1. The zero-order chi connectivity index (χ0) is 14.3. The molecule has 1 unspecified atom stereocenters. The number of nitrogens with one attached hydrogen (secondary N) is 1. The third kappa shape index (κ3) is 5.46. The normalized spacial score (nSPS) is 13.8. The summed E-state index contributed by atoms with van der Waals surface area (Å²) in [6.45, 7) is 9.82. The zero-order valence-corrected chi connectivity index (χ0v) is 12.9. The Labute approximate surface area is 118 Å². The Balaban J connectivity index is 2.66. The second-order valence-electron chi connectivity index (χ2n) is 5.80. The van der Waals surface area contributed by atoms with Crippen molar-refractivity contribution in [3.8, 4) is 0 Å². The number of rotatable bonds is 7. The van der Waals surface area contributed by atoms with Crippen LogP contribution in [0, 0.1) is 5.92 Å². The fraction of sp³-hybridized carbons (Fsp3) is 0.588. The maximum Gasteiger partial charge on any atom is 0.247 e. The van der Waals surface area contributed by atoms with Gasteiger partial charge < -0.3 is 0 Å². The standard InChI is InChI=1S/C17H28N2/c1-5-6-11-19-17(18)14(4)16-9-7-15(8-10-16)12-13(2)3/h7-10,13-14H,5-6,11-12H2,1-4H3,(H2,18,19)/p+1. The fourth-order valence-electron chi connectivity index (χ4n) is 2.16. The molecule has 0 spiro atoms. The van der Waals surface area contributed by atoms with Crippen molar-refractivity contribution < 1.29 is 4.99 Å². The third-order valence-electron chi connectivity index (χ3n) is 3.45. The monoisotopic (exact) mass is 261 g/mol. The average Bonchev–Trinajstić information content (AvgIpc) is 2.38. The molecule has 0 amide bonds. The van der Waals surface area contributed by atoms with Crippen LogP contribution in [0.25, 0.3) is 0 Å². The second-order valence-corrected chi connectivity index (χ2v) is 5.80. The van der Waals surface area contributed by atoms with E-state index >= 15 is 0 Å². The number of nitrogens with two attached hydrogens (primary N) is 1. The van der Waals surface area contributed by atoms with E-state index in [0.717, 1.165) is 18.8 Å². The first-order chi connectivity index (χ1) is 9.04. The average molecular weight is 261 g/mol. The van der Waals surface area contributed by atoms with Gasteiger partial charge in [-0.25, -0.2) is 0 Å². The highest BCUT2D eigenvalue weighted by molar-refractivity contribution is 5.81. The first kappa shape index (κ1) is 15.7. The molecule has 0 aliphatic carbocycles. The summed E-state index contributed by atoms with van der Waals surface area (Å²) in [6, 6.07) is 8.86. The molecule has 106 valence electrons. The molecule has 1 aromatic carbocycles. The second kappa shape index (κ2) is 7.98. The van der Waals surface area contributed by atoms with Crippen molar-refractivity contribution in [2.24, 2.45) is 11.7 Å². The third-order valence-corrected chi connectivity index (χ3v) is 3.45. The van der Waals surface area contributed by atoms with E-state index in [9.17, 15) is 0 Å². The minimum absolute atomic E-state index is 0.268. The molecule has 0 aromatic heterocycles. The molecule has 2 heteroatoms. The van der Waals surface area contributed by atoms with Gasteiger partial charge in [0.2, 0.25) is 5.84 Å². The summed E-state index contributed by atoms with van der Waals surface area (Å²) in [5.41, 5.74) is 8.81. The molecule has 0 aliphatic rings. The van der Waals surface area contributed by atoms with Crippen LogP contribution in [0.3, 0.4) is 0 Å². The topological polar surface area (TPSA) is 40.0 Å². The Kier molecular flexibility index (Phi) is 6.61. The van der Waals surface area contributed by atoms with Gasteiger partial charge in [0.1, 0.15) is 0 Å². The molecule has 0 fully saturated rings. The van der Waals surface area contributed by atoms with Gasteiger partial charge >= 0.3 is 0 Å². The van der Waals surface area contributed by atoms with E-state index in [2.05, 4.69) is 57.0 Å². The summed E-state index contributed by atoms with van der Waals surface area (Å²) in [6.07, 6.45) is 3.50. The highest BCUT2D eigenvalue weighted by Gasteiger charge is 2.14. The van der Waals surface area contributed by atoms with Crippen LogP contribution in [-0.4, -0.2) is 12.4 Å². The fourth-order valence-corrected chi connectivity index (χ4v) is 2.16. The number of unbranched alkanes of at least 4 members (excludes halogenated alkanes) is 1. The van der Waals surface area contributed by atoms with Crippen LogP contribution < -0.4 is 10.7 Å².